The molecule has 0 aromatic carbocycles. The number of nitrogens with one attached hydrogen (secondary N) is 1. The average molecular weight is 308 g/mol. The number of carbonyl (C=O) groups excluding carboxylic acids is 1. The Morgan fingerprint density at radius 1 is 1.37 bits per heavy atom. The fourth-order valence-corrected chi connectivity index (χ4v) is 3.17. The second-order valence-electron chi connectivity index (χ2n) is 4.39. The summed E-state index contributed by atoms with van der Waals surface area (Å²) in [4.78, 5) is 13.5. The topological polar surface area (TPSA) is 83.1 Å². The van der Waals surface area contributed by atoms with E-state index in [4.69, 9.17) is 10.7 Å². The zero-order valence-corrected chi connectivity index (χ0v) is 13.0. The predicted octanol–water partition coefficient (Wildman–Crippen LogP) is 1.94. The van der Waals surface area contributed by atoms with E-state index in [1.54, 1.807) is 13.8 Å². The van der Waals surface area contributed by atoms with Crippen LogP contribution in [0.1, 0.15) is 49.8 Å². The predicted molar refractivity (Wildman–Crippen MR) is 73.0 cm³/mol. The summed E-state index contributed by atoms with van der Waals surface area (Å²) in [5.41, 5.74) is 0.216. The van der Waals surface area contributed by atoms with Gasteiger partial charge in [0.05, 0.1) is 5.69 Å². The molecule has 0 saturated carbocycles. The molecule has 1 aromatic heterocycles. The number of aromatic amines is 1. The van der Waals surface area contributed by atoms with Crippen molar-refractivity contribution in [1.29, 1.82) is 0 Å². The Labute approximate surface area is 117 Å². The van der Waals surface area contributed by atoms with Crippen molar-refractivity contribution < 1.29 is 13.2 Å². The molecule has 0 unspecified atom stereocenters. The van der Waals surface area contributed by atoms with Crippen molar-refractivity contribution in [3.05, 3.63) is 11.4 Å². The monoisotopic (exact) mass is 307 g/mol. The van der Waals surface area contributed by atoms with Crippen molar-refractivity contribution in [2.24, 2.45) is 0 Å². The van der Waals surface area contributed by atoms with Gasteiger partial charge >= 0.3 is 0 Å². The summed E-state index contributed by atoms with van der Waals surface area (Å²) in [6, 6.07) is 0. The maximum absolute atomic E-state index is 12.2. The van der Waals surface area contributed by atoms with Crippen LogP contribution in [-0.4, -0.2) is 42.5 Å². The number of amides is 1. The largest absolute Gasteiger partial charge is 0.338 e. The van der Waals surface area contributed by atoms with Crippen LogP contribution in [0.15, 0.2) is 4.90 Å². The van der Waals surface area contributed by atoms with Gasteiger partial charge in [0, 0.05) is 23.8 Å². The molecule has 108 valence electrons. The summed E-state index contributed by atoms with van der Waals surface area (Å²) in [6.45, 7) is 8.16. The van der Waals surface area contributed by atoms with E-state index in [-0.39, 0.29) is 16.5 Å². The highest BCUT2D eigenvalue weighted by molar-refractivity contribution is 8.13. The molecular formula is C11H18ClN3O3S. The van der Waals surface area contributed by atoms with Crippen LogP contribution in [0, 0.1) is 0 Å². The number of H-pyrrole nitrogens is 1. The van der Waals surface area contributed by atoms with Gasteiger partial charge in [-0.15, -0.1) is 0 Å². The second kappa shape index (κ2) is 5.92. The Morgan fingerprint density at radius 2 is 1.89 bits per heavy atom. The number of hydrogen-bond acceptors (Lipinski definition) is 4. The first kappa shape index (κ1) is 16.0. The van der Waals surface area contributed by atoms with Gasteiger partial charge in [0.25, 0.3) is 15.0 Å². The van der Waals surface area contributed by atoms with Gasteiger partial charge in [0.15, 0.2) is 5.69 Å². The lowest BCUT2D eigenvalue weighted by atomic mass is 10.1. The van der Waals surface area contributed by atoms with Gasteiger partial charge < -0.3 is 4.90 Å². The van der Waals surface area contributed by atoms with Crippen molar-refractivity contribution in [1.82, 2.24) is 15.1 Å². The Morgan fingerprint density at radius 3 is 2.26 bits per heavy atom. The van der Waals surface area contributed by atoms with E-state index >= 15 is 0 Å². The molecule has 1 N–H and O–H groups in total. The molecule has 1 rings (SSSR count). The maximum atomic E-state index is 12.2. The van der Waals surface area contributed by atoms with Crippen LogP contribution in [0.3, 0.4) is 0 Å². The molecule has 0 radical (unpaired) electrons. The third kappa shape index (κ3) is 3.27. The minimum atomic E-state index is -4.03. The van der Waals surface area contributed by atoms with Crippen molar-refractivity contribution >= 4 is 25.6 Å². The average Bonchev–Trinajstić information content (AvgIpc) is 2.74. The highest BCUT2D eigenvalue weighted by atomic mass is 35.7. The molecule has 0 fully saturated rings. The molecule has 0 aliphatic carbocycles. The smallest absolute Gasteiger partial charge is 0.275 e. The highest BCUT2D eigenvalue weighted by Crippen LogP contribution is 2.28. The van der Waals surface area contributed by atoms with Crippen LogP contribution >= 0.6 is 10.7 Å². The minimum absolute atomic E-state index is 0.130. The summed E-state index contributed by atoms with van der Waals surface area (Å²) in [5.74, 6) is -0.568. The lowest BCUT2D eigenvalue weighted by Crippen LogP contribution is -2.31. The Bertz CT molecular complexity index is 562. The van der Waals surface area contributed by atoms with Crippen LogP contribution in [0.25, 0.3) is 0 Å². The van der Waals surface area contributed by atoms with E-state index < -0.39 is 15.0 Å². The molecule has 6 nitrogen and oxygen atoms in total. The highest BCUT2D eigenvalue weighted by Gasteiger charge is 2.31. The molecular weight excluding hydrogens is 290 g/mol. The quantitative estimate of drug-likeness (QED) is 0.843. The molecule has 1 aromatic rings. The summed E-state index contributed by atoms with van der Waals surface area (Å²) in [5, 5.41) is 6.44. The zero-order valence-electron chi connectivity index (χ0n) is 11.4. The molecule has 0 atom stereocenters. The van der Waals surface area contributed by atoms with E-state index in [2.05, 4.69) is 10.2 Å². The first-order valence-corrected chi connectivity index (χ1v) is 8.37. The van der Waals surface area contributed by atoms with E-state index in [1.807, 2.05) is 13.8 Å². The Kier molecular flexibility index (Phi) is 4.98. The normalized spacial score (nSPS) is 11.9. The standard InChI is InChI=1S/C11H18ClN3O3S/c1-5-15(6-2)11(16)9-10(19(12,17)18)8(7(3)4)13-14-9/h7H,5-6H2,1-4H3,(H,13,14). The Hall–Kier alpha value is -1.08. The molecule has 1 heterocycles. The van der Waals surface area contributed by atoms with E-state index in [0.717, 1.165) is 0 Å². The molecule has 0 aliphatic rings. The van der Waals surface area contributed by atoms with Gasteiger partial charge in [-0.1, -0.05) is 13.8 Å². The van der Waals surface area contributed by atoms with Crippen molar-refractivity contribution in [2.75, 3.05) is 13.1 Å². The Balaban J connectivity index is 3.42. The second-order valence-corrected chi connectivity index (χ2v) is 6.89. The van der Waals surface area contributed by atoms with Crippen molar-refractivity contribution in [3.8, 4) is 0 Å². The molecule has 0 bridgehead atoms. The first-order chi connectivity index (χ1) is 8.73. The number of carbonyl (C=O) groups is 1. The zero-order chi connectivity index (χ0) is 14.8. The van der Waals surface area contributed by atoms with Gasteiger partial charge in [0.2, 0.25) is 0 Å². The SMILES string of the molecule is CCN(CC)C(=O)c1n[nH]c(C(C)C)c1S(=O)(=O)Cl. The number of halogens is 1. The number of nitrogens with zero attached hydrogens (tertiary/aromatic N) is 2. The van der Waals surface area contributed by atoms with Gasteiger partial charge in [-0.25, -0.2) is 8.42 Å². The molecule has 0 spiro atoms. The first-order valence-electron chi connectivity index (χ1n) is 6.06. The lowest BCUT2D eigenvalue weighted by molar-refractivity contribution is 0.0763. The van der Waals surface area contributed by atoms with Gasteiger partial charge in [-0.3, -0.25) is 9.89 Å². The number of hydrogen-bond donors (Lipinski definition) is 1. The van der Waals surface area contributed by atoms with Crippen LogP contribution in [0.4, 0.5) is 0 Å². The lowest BCUT2D eigenvalue weighted by Gasteiger charge is -2.17. The summed E-state index contributed by atoms with van der Waals surface area (Å²) >= 11 is 0. The summed E-state index contributed by atoms with van der Waals surface area (Å²) in [7, 11) is 1.40. The van der Waals surface area contributed by atoms with Crippen LogP contribution in [0.2, 0.25) is 0 Å². The molecule has 19 heavy (non-hydrogen) atoms. The van der Waals surface area contributed by atoms with Crippen molar-refractivity contribution in [2.45, 2.75) is 38.5 Å². The van der Waals surface area contributed by atoms with Crippen LogP contribution < -0.4 is 0 Å². The fraction of sp³-hybridized carbons (Fsp3) is 0.636. The molecule has 1 amide bonds. The van der Waals surface area contributed by atoms with Gasteiger partial charge in [-0.2, -0.15) is 5.10 Å². The number of rotatable bonds is 5. The van der Waals surface area contributed by atoms with E-state index in [1.165, 1.54) is 4.90 Å². The molecule has 0 saturated heterocycles. The van der Waals surface area contributed by atoms with E-state index in [9.17, 15) is 13.2 Å². The number of aromatic nitrogens is 2. The maximum Gasteiger partial charge on any atom is 0.275 e. The minimum Gasteiger partial charge on any atom is -0.338 e. The van der Waals surface area contributed by atoms with Crippen LogP contribution in [-0.2, 0) is 9.05 Å². The molecule has 8 heteroatoms. The van der Waals surface area contributed by atoms with Gasteiger partial charge in [-0.05, 0) is 19.8 Å². The van der Waals surface area contributed by atoms with Crippen molar-refractivity contribution in [3.63, 3.8) is 0 Å². The third-order valence-electron chi connectivity index (χ3n) is 2.82. The third-order valence-corrected chi connectivity index (χ3v) is 4.19. The van der Waals surface area contributed by atoms with E-state index in [0.29, 0.717) is 18.8 Å². The van der Waals surface area contributed by atoms with Crippen LogP contribution in [0.5, 0.6) is 0 Å². The summed E-state index contributed by atoms with van der Waals surface area (Å²) < 4.78 is 23.4. The van der Waals surface area contributed by atoms with Gasteiger partial charge in [0.1, 0.15) is 4.90 Å². The summed E-state index contributed by atoms with van der Waals surface area (Å²) in [6.07, 6.45) is 0. The fourth-order valence-electron chi connectivity index (χ4n) is 1.79. The molecule has 0 aliphatic heterocycles.